The Kier molecular flexibility index (Phi) is 6.80. The molecule has 1 aromatic heterocycles. The van der Waals surface area contributed by atoms with Gasteiger partial charge in [-0.25, -0.2) is 13.4 Å². The van der Waals surface area contributed by atoms with Crippen molar-refractivity contribution in [1.82, 2.24) is 14.2 Å². The van der Waals surface area contributed by atoms with Crippen molar-refractivity contribution in [2.75, 3.05) is 38.5 Å². The van der Waals surface area contributed by atoms with Crippen LogP contribution in [0.15, 0.2) is 70.7 Å². The second-order valence-corrected chi connectivity index (χ2v) is 11.1. The molecule has 1 atom stereocenters. The number of amides is 1. The number of thioether (sulfide) groups is 1. The molecule has 9 heteroatoms. The number of nitrogens with zero attached hydrogens (tertiary/aromatic N) is 3. The monoisotopic (exact) mass is 470 g/mol. The number of aromatic nitrogens is 1. The molecule has 168 valence electrons. The molecule has 1 unspecified atom stereocenters. The van der Waals surface area contributed by atoms with Crippen molar-refractivity contribution >= 4 is 44.2 Å². The van der Waals surface area contributed by atoms with Gasteiger partial charge in [0, 0.05) is 43.4 Å². The van der Waals surface area contributed by atoms with Gasteiger partial charge in [-0.05, 0) is 37.6 Å². The SMILES string of the molecule is CC(Sc1ccc(S(=O)(=O)N2CCN(C)CC2)cn1)C(=O)Nc1cccc2ccccc12. The summed E-state index contributed by atoms with van der Waals surface area (Å²) in [5, 5.41) is 5.23. The highest BCUT2D eigenvalue weighted by Crippen LogP contribution is 2.27. The van der Waals surface area contributed by atoms with Gasteiger partial charge in [0.2, 0.25) is 15.9 Å². The van der Waals surface area contributed by atoms with E-state index in [2.05, 4.69) is 15.2 Å². The molecule has 0 aliphatic carbocycles. The number of fused-ring (bicyclic) bond motifs is 1. The highest BCUT2D eigenvalue weighted by atomic mass is 32.2. The topological polar surface area (TPSA) is 82.6 Å². The van der Waals surface area contributed by atoms with Gasteiger partial charge in [0.25, 0.3) is 0 Å². The van der Waals surface area contributed by atoms with Crippen LogP contribution in [0.2, 0.25) is 0 Å². The number of benzene rings is 2. The highest BCUT2D eigenvalue weighted by molar-refractivity contribution is 8.00. The number of piperazine rings is 1. The maximum Gasteiger partial charge on any atom is 0.244 e. The molecule has 32 heavy (non-hydrogen) atoms. The van der Waals surface area contributed by atoms with Crippen LogP contribution in [0.5, 0.6) is 0 Å². The lowest BCUT2D eigenvalue weighted by Crippen LogP contribution is -2.47. The molecule has 1 fully saturated rings. The van der Waals surface area contributed by atoms with Crippen LogP contribution in [0.1, 0.15) is 6.92 Å². The lowest BCUT2D eigenvalue weighted by molar-refractivity contribution is -0.115. The Bertz CT molecular complexity index is 1200. The first-order valence-electron chi connectivity index (χ1n) is 10.4. The largest absolute Gasteiger partial charge is 0.325 e. The summed E-state index contributed by atoms with van der Waals surface area (Å²) in [5.41, 5.74) is 0.766. The fourth-order valence-electron chi connectivity index (χ4n) is 3.57. The van der Waals surface area contributed by atoms with Crippen LogP contribution in [0.3, 0.4) is 0 Å². The van der Waals surface area contributed by atoms with Crippen LogP contribution in [0, 0.1) is 0 Å². The maximum absolute atomic E-state index is 12.8. The zero-order valence-electron chi connectivity index (χ0n) is 18.1. The van der Waals surface area contributed by atoms with Crippen molar-refractivity contribution in [2.45, 2.75) is 22.1 Å². The summed E-state index contributed by atoms with van der Waals surface area (Å²) < 4.78 is 27.2. The minimum absolute atomic E-state index is 0.137. The molecule has 1 saturated heterocycles. The van der Waals surface area contributed by atoms with Crippen LogP contribution in [-0.4, -0.2) is 67.0 Å². The molecule has 0 radical (unpaired) electrons. The molecule has 2 heterocycles. The van der Waals surface area contributed by atoms with Crippen LogP contribution in [0.4, 0.5) is 5.69 Å². The predicted octanol–water partition coefficient (Wildman–Crippen LogP) is 3.29. The molecule has 3 aromatic rings. The smallest absolute Gasteiger partial charge is 0.244 e. The molecule has 0 spiro atoms. The molecule has 1 amide bonds. The predicted molar refractivity (Wildman–Crippen MR) is 128 cm³/mol. The fraction of sp³-hybridized carbons (Fsp3) is 0.304. The Morgan fingerprint density at radius 1 is 1.03 bits per heavy atom. The number of hydrogen-bond acceptors (Lipinski definition) is 6. The van der Waals surface area contributed by atoms with Gasteiger partial charge in [-0.3, -0.25) is 4.79 Å². The van der Waals surface area contributed by atoms with Crippen molar-refractivity contribution in [3.8, 4) is 0 Å². The summed E-state index contributed by atoms with van der Waals surface area (Å²) in [5.74, 6) is -0.137. The first kappa shape index (κ1) is 22.7. The van der Waals surface area contributed by atoms with Gasteiger partial charge in [-0.2, -0.15) is 4.31 Å². The van der Waals surface area contributed by atoms with Gasteiger partial charge < -0.3 is 10.2 Å². The lowest BCUT2D eigenvalue weighted by Gasteiger charge is -2.31. The summed E-state index contributed by atoms with van der Waals surface area (Å²) in [6, 6.07) is 16.9. The quantitative estimate of drug-likeness (QED) is 0.557. The van der Waals surface area contributed by atoms with Gasteiger partial charge in [-0.15, -0.1) is 0 Å². The molecule has 1 aliphatic rings. The molecule has 1 N–H and O–H groups in total. The van der Waals surface area contributed by atoms with Crippen LogP contribution < -0.4 is 5.32 Å². The van der Waals surface area contributed by atoms with Crippen LogP contribution in [0.25, 0.3) is 10.8 Å². The highest BCUT2D eigenvalue weighted by Gasteiger charge is 2.28. The zero-order valence-corrected chi connectivity index (χ0v) is 19.7. The first-order chi connectivity index (χ1) is 15.3. The van der Waals surface area contributed by atoms with E-state index in [0.29, 0.717) is 31.2 Å². The van der Waals surface area contributed by atoms with Crippen LogP contribution in [-0.2, 0) is 14.8 Å². The second-order valence-electron chi connectivity index (χ2n) is 7.82. The van der Waals surface area contributed by atoms with Crippen molar-refractivity contribution in [3.05, 3.63) is 60.8 Å². The molecule has 1 aliphatic heterocycles. The molecule has 2 aromatic carbocycles. The van der Waals surface area contributed by atoms with Gasteiger partial charge in [0.1, 0.15) is 4.90 Å². The van der Waals surface area contributed by atoms with Crippen molar-refractivity contribution in [1.29, 1.82) is 0 Å². The number of likely N-dealkylation sites (N-methyl/N-ethyl adjacent to an activating group) is 1. The fourth-order valence-corrected chi connectivity index (χ4v) is 5.73. The first-order valence-corrected chi connectivity index (χ1v) is 12.8. The van der Waals surface area contributed by atoms with E-state index >= 15 is 0 Å². The summed E-state index contributed by atoms with van der Waals surface area (Å²) in [7, 11) is -1.57. The van der Waals surface area contributed by atoms with Crippen molar-refractivity contribution in [3.63, 3.8) is 0 Å². The zero-order chi connectivity index (χ0) is 22.7. The van der Waals surface area contributed by atoms with E-state index in [4.69, 9.17) is 0 Å². The average molecular weight is 471 g/mol. The van der Waals surface area contributed by atoms with E-state index in [1.165, 1.54) is 22.3 Å². The second kappa shape index (κ2) is 9.58. The molecule has 7 nitrogen and oxygen atoms in total. The summed E-state index contributed by atoms with van der Waals surface area (Å²) in [6.07, 6.45) is 1.38. The number of rotatable bonds is 6. The normalized spacial score (nSPS) is 16.7. The van der Waals surface area contributed by atoms with E-state index in [9.17, 15) is 13.2 Å². The van der Waals surface area contributed by atoms with Gasteiger partial charge in [-0.1, -0.05) is 48.2 Å². The Labute approximate surface area is 192 Å². The minimum atomic E-state index is -3.55. The van der Waals surface area contributed by atoms with Crippen molar-refractivity contribution in [2.24, 2.45) is 0 Å². The molecule has 4 rings (SSSR count). The van der Waals surface area contributed by atoms with E-state index in [0.717, 1.165) is 16.5 Å². The average Bonchev–Trinajstić information content (AvgIpc) is 2.80. The number of carbonyl (C=O) groups excluding carboxylic acids is 1. The van der Waals surface area contributed by atoms with E-state index < -0.39 is 15.3 Å². The minimum Gasteiger partial charge on any atom is -0.325 e. The number of carbonyl (C=O) groups is 1. The number of sulfonamides is 1. The number of hydrogen-bond donors (Lipinski definition) is 1. The third-order valence-corrected chi connectivity index (χ3v) is 8.46. The third-order valence-electron chi connectivity index (χ3n) is 5.52. The van der Waals surface area contributed by atoms with E-state index in [-0.39, 0.29) is 10.8 Å². The van der Waals surface area contributed by atoms with E-state index in [1.807, 2.05) is 56.4 Å². The Balaban J connectivity index is 1.41. The Hall–Kier alpha value is -2.46. The van der Waals surface area contributed by atoms with Gasteiger partial charge in [0.05, 0.1) is 10.3 Å². The van der Waals surface area contributed by atoms with Crippen LogP contribution >= 0.6 is 11.8 Å². The standard InChI is InChI=1S/C23H26N4O3S2/c1-17(23(28)25-21-9-5-7-18-6-3-4-8-20(18)21)31-22-11-10-19(16-24-22)32(29,30)27-14-12-26(2)13-15-27/h3-11,16-17H,12-15H2,1-2H3,(H,25,28). The van der Waals surface area contributed by atoms with Gasteiger partial charge in [0.15, 0.2) is 0 Å². The van der Waals surface area contributed by atoms with E-state index in [1.54, 1.807) is 12.1 Å². The van der Waals surface area contributed by atoms with Crippen molar-refractivity contribution < 1.29 is 13.2 Å². The maximum atomic E-state index is 12.8. The Morgan fingerprint density at radius 2 is 1.75 bits per heavy atom. The van der Waals surface area contributed by atoms with Gasteiger partial charge >= 0.3 is 0 Å². The number of nitrogens with one attached hydrogen (secondary N) is 1. The summed E-state index contributed by atoms with van der Waals surface area (Å²) in [6.45, 7) is 4.18. The number of anilines is 1. The lowest BCUT2D eigenvalue weighted by atomic mass is 10.1. The summed E-state index contributed by atoms with van der Waals surface area (Å²) in [4.78, 5) is 19.3. The Morgan fingerprint density at radius 3 is 2.47 bits per heavy atom. The molecular formula is C23H26N4O3S2. The molecular weight excluding hydrogens is 444 g/mol. The third kappa shape index (κ3) is 4.96. The summed E-state index contributed by atoms with van der Waals surface area (Å²) >= 11 is 1.29. The molecule has 0 bridgehead atoms. The molecule has 0 saturated carbocycles. The number of pyridine rings is 1.